The van der Waals surface area contributed by atoms with Gasteiger partial charge in [0.15, 0.2) is 0 Å². The zero-order chi connectivity index (χ0) is 22.4. The van der Waals surface area contributed by atoms with Gasteiger partial charge in [0.05, 0.1) is 19.3 Å². The van der Waals surface area contributed by atoms with Crippen LogP contribution in [0.4, 0.5) is 0 Å². The van der Waals surface area contributed by atoms with E-state index in [4.69, 9.17) is 9.47 Å². The fourth-order valence-corrected chi connectivity index (χ4v) is 5.86. The maximum absolute atomic E-state index is 13.4. The van der Waals surface area contributed by atoms with Gasteiger partial charge in [0.25, 0.3) is 0 Å². The van der Waals surface area contributed by atoms with Gasteiger partial charge in [0, 0.05) is 13.1 Å². The molecule has 172 valence electrons. The first-order chi connectivity index (χ1) is 14.9. The van der Waals surface area contributed by atoms with Crippen LogP contribution in [-0.2, 0) is 19.6 Å². The van der Waals surface area contributed by atoms with Crippen LogP contribution in [0.2, 0.25) is 0 Å². The molecule has 0 unspecified atom stereocenters. The number of amides is 1. The number of nitrogens with one attached hydrogen (secondary N) is 1. The average Bonchev–Trinajstić information content (AvgIpc) is 3.32. The smallest absolute Gasteiger partial charge is 0.338 e. The first-order valence-corrected chi connectivity index (χ1v) is 12.5. The normalized spacial score (nSPS) is 18.6. The largest absolute Gasteiger partial charge is 0.495 e. The third kappa shape index (κ3) is 5.57. The van der Waals surface area contributed by atoms with Crippen molar-refractivity contribution in [1.82, 2.24) is 9.62 Å². The number of rotatable bonds is 8. The van der Waals surface area contributed by atoms with Crippen LogP contribution >= 0.6 is 0 Å². The molecule has 1 amide bonds. The van der Waals surface area contributed by atoms with E-state index in [0.717, 1.165) is 44.9 Å². The molecule has 1 aromatic rings. The minimum absolute atomic E-state index is 0.0455. The summed E-state index contributed by atoms with van der Waals surface area (Å²) >= 11 is 0. The number of ether oxygens (including phenoxy) is 2. The van der Waals surface area contributed by atoms with Crippen molar-refractivity contribution < 1.29 is 27.5 Å². The van der Waals surface area contributed by atoms with E-state index in [9.17, 15) is 18.0 Å². The number of benzene rings is 1. The van der Waals surface area contributed by atoms with Crippen molar-refractivity contribution in [2.24, 2.45) is 5.92 Å². The Morgan fingerprint density at radius 1 is 1.13 bits per heavy atom. The number of methoxy groups -OCH3 is 1. The van der Waals surface area contributed by atoms with Crippen LogP contribution in [0.5, 0.6) is 5.75 Å². The van der Waals surface area contributed by atoms with Crippen LogP contribution in [-0.4, -0.2) is 58.0 Å². The summed E-state index contributed by atoms with van der Waals surface area (Å²) in [7, 11) is -2.76. The third-order valence-corrected chi connectivity index (χ3v) is 7.51. The molecule has 0 spiro atoms. The highest BCUT2D eigenvalue weighted by Gasteiger charge is 2.37. The third-order valence-electron chi connectivity index (χ3n) is 6.05. The van der Waals surface area contributed by atoms with Crippen molar-refractivity contribution >= 4 is 21.9 Å². The quantitative estimate of drug-likeness (QED) is 0.609. The maximum atomic E-state index is 13.4. The molecule has 1 N–H and O–H groups in total. The molecule has 1 atom stereocenters. The number of carbonyl (C=O) groups is 2. The monoisotopic (exact) mass is 452 g/mol. The summed E-state index contributed by atoms with van der Waals surface area (Å²) < 4.78 is 39.7. The van der Waals surface area contributed by atoms with Crippen molar-refractivity contribution in [3.05, 3.63) is 23.8 Å². The summed E-state index contributed by atoms with van der Waals surface area (Å²) in [5, 5.41) is 0. The Labute approximate surface area is 184 Å². The Kier molecular flexibility index (Phi) is 7.94. The fraction of sp³-hybridized carbons (Fsp3) is 0.636. The molecule has 1 aliphatic carbocycles. The van der Waals surface area contributed by atoms with Gasteiger partial charge in [-0.25, -0.2) is 13.2 Å². The lowest BCUT2D eigenvalue weighted by Crippen LogP contribution is -2.52. The van der Waals surface area contributed by atoms with Gasteiger partial charge in [-0.15, -0.1) is 0 Å². The van der Waals surface area contributed by atoms with E-state index in [1.54, 1.807) is 11.8 Å². The molecule has 1 aromatic carbocycles. The van der Waals surface area contributed by atoms with E-state index in [1.807, 2.05) is 0 Å². The minimum atomic E-state index is -4.13. The molecule has 0 radical (unpaired) electrons. The van der Waals surface area contributed by atoms with Crippen molar-refractivity contribution in [3.8, 4) is 5.75 Å². The van der Waals surface area contributed by atoms with E-state index < -0.39 is 22.0 Å². The fourth-order valence-electron chi connectivity index (χ4n) is 4.41. The number of nitrogens with zero attached hydrogens (tertiary/aromatic N) is 1. The molecule has 0 bridgehead atoms. The van der Waals surface area contributed by atoms with E-state index in [0.29, 0.717) is 13.1 Å². The minimum Gasteiger partial charge on any atom is -0.495 e. The van der Waals surface area contributed by atoms with Crippen LogP contribution in [0.1, 0.15) is 62.2 Å². The number of carbonyl (C=O) groups excluding carboxylic acids is 2. The number of hydrogen-bond donors (Lipinski definition) is 1. The van der Waals surface area contributed by atoms with Crippen LogP contribution in [0, 0.1) is 5.92 Å². The zero-order valence-electron chi connectivity index (χ0n) is 18.3. The van der Waals surface area contributed by atoms with Gasteiger partial charge in [-0.05, 0) is 56.7 Å². The Morgan fingerprint density at radius 2 is 1.81 bits per heavy atom. The number of hydrogen-bond acceptors (Lipinski definition) is 6. The van der Waals surface area contributed by atoms with Crippen molar-refractivity contribution in [2.75, 3.05) is 26.8 Å². The first-order valence-electron chi connectivity index (χ1n) is 11.0. The van der Waals surface area contributed by atoms with Gasteiger partial charge in [0.2, 0.25) is 15.9 Å². The van der Waals surface area contributed by atoms with Crippen molar-refractivity contribution in [2.45, 2.75) is 62.8 Å². The van der Waals surface area contributed by atoms with Gasteiger partial charge in [-0.3, -0.25) is 4.79 Å². The van der Waals surface area contributed by atoms with Crippen LogP contribution in [0.3, 0.4) is 0 Å². The van der Waals surface area contributed by atoms with E-state index in [2.05, 4.69) is 4.72 Å². The Bertz CT molecular complexity index is 889. The van der Waals surface area contributed by atoms with Gasteiger partial charge < -0.3 is 14.4 Å². The van der Waals surface area contributed by atoms with Gasteiger partial charge >= 0.3 is 5.97 Å². The SMILES string of the molecule is CCOC(=O)c1ccc(OC)c(S(=O)(=O)N[C@H](C(=O)N2CCCC2)C2CCCCC2)c1. The second-order valence-corrected chi connectivity index (χ2v) is 9.80. The zero-order valence-corrected chi connectivity index (χ0v) is 19.1. The summed E-state index contributed by atoms with van der Waals surface area (Å²) in [6.07, 6.45) is 6.56. The van der Waals surface area contributed by atoms with Crippen LogP contribution in [0.25, 0.3) is 0 Å². The Hall–Kier alpha value is -2.13. The molecule has 31 heavy (non-hydrogen) atoms. The molecular weight excluding hydrogens is 420 g/mol. The molecule has 8 nitrogen and oxygen atoms in total. The summed E-state index contributed by atoms with van der Waals surface area (Å²) in [5.74, 6) is -0.709. The van der Waals surface area contributed by atoms with Crippen molar-refractivity contribution in [3.63, 3.8) is 0 Å². The Balaban J connectivity index is 1.93. The van der Waals surface area contributed by atoms with E-state index in [-0.39, 0.29) is 34.6 Å². The lowest BCUT2D eigenvalue weighted by molar-refractivity contribution is -0.133. The topological polar surface area (TPSA) is 102 Å². The van der Waals surface area contributed by atoms with E-state index >= 15 is 0 Å². The highest BCUT2D eigenvalue weighted by Crippen LogP contribution is 2.31. The molecule has 2 fully saturated rings. The molecule has 2 aliphatic rings. The molecule has 1 saturated carbocycles. The Morgan fingerprint density at radius 3 is 2.42 bits per heavy atom. The summed E-state index contributed by atoms with van der Waals surface area (Å²) in [6, 6.07) is 3.32. The standard InChI is InChI=1S/C22H32N2O6S/c1-3-30-22(26)17-11-12-18(29-2)19(15-17)31(27,28)23-20(16-9-5-4-6-10-16)21(25)24-13-7-8-14-24/h11-12,15-16,20,23H,3-10,13-14H2,1-2H3/t20-/m0/s1. The highest BCUT2D eigenvalue weighted by molar-refractivity contribution is 7.89. The maximum Gasteiger partial charge on any atom is 0.338 e. The molecule has 1 saturated heterocycles. The summed E-state index contributed by atoms with van der Waals surface area (Å²) in [6.45, 7) is 3.18. The highest BCUT2D eigenvalue weighted by atomic mass is 32.2. The molecule has 1 heterocycles. The second kappa shape index (κ2) is 10.5. The van der Waals surface area contributed by atoms with Crippen LogP contribution < -0.4 is 9.46 Å². The van der Waals surface area contributed by atoms with Crippen molar-refractivity contribution in [1.29, 1.82) is 0 Å². The van der Waals surface area contributed by atoms with Gasteiger partial charge in [0.1, 0.15) is 16.7 Å². The molecule has 1 aliphatic heterocycles. The van der Waals surface area contributed by atoms with Gasteiger partial charge in [-0.2, -0.15) is 4.72 Å². The number of esters is 1. The molecular formula is C22H32N2O6S. The lowest BCUT2D eigenvalue weighted by atomic mass is 9.84. The predicted molar refractivity (Wildman–Crippen MR) is 115 cm³/mol. The number of likely N-dealkylation sites (tertiary alicyclic amines) is 1. The van der Waals surface area contributed by atoms with Gasteiger partial charge in [-0.1, -0.05) is 19.3 Å². The summed E-state index contributed by atoms with van der Waals surface area (Å²) in [4.78, 5) is 27.0. The molecule has 9 heteroatoms. The van der Waals surface area contributed by atoms with Crippen LogP contribution in [0.15, 0.2) is 23.1 Å². The van der Waals surface area contributed by atoms with E-state index in [1.165, 1.54) is 25.3 Å². The second-order valence-electron chi connectivity index (χ2n) is 8.12. The first kappa shape index (κ1) is 23.5. The molecule has 3 rings (SSSR count). The lowest BCUT2D eigenvalue weighted by Gasteiger charge is -2.32. The average molecular weight is 453 g/mol. The summed E-state index contributed by atoms with van der Waals surface area (Å²) in [5.41, 5.74) is 0.114. The number of sulfonamides is 1. The predicted octanol–water partition coefficient (Wildman–Crippen LogP) is 2.72. The molecule has 0 aromatic heterocycles.